The van der Waals surface area contributed by atoms with Gasteiger partial charge in [0, 0.05) is 41.7 Å². The third kappa shape index (κ3) is 5.22. The topological polar surface area (TPSA) is 82.5 Å². The predicted molar refractivity (Wildman–Crippen MR) is 130 cm³/mol. The van der Waals surface area contributed by atoms with Crippen LogP contribution in [0, 0.1) is 18.6 Å². The molecule has 8 heteroatoms. The lowest BCUT2D eigenvalue weighted by atomic mass is 9.92. The number of rotatable bonds is 9. The first-order chi connectivity index (χ1) is 16.7. The Morgan fingerprint density at radius 3 is 2.57 bits per heavy atom. The Kier molecular flexibility index (Phi) is 6.93. The molecule has 6 nitrogen and oxygen atoms in total. The molecule has 0 spiro atoms. The largest absolute Gasteiger partial charge is 0.485 e. The summed E-state index contributed by atoms with van der Waals surface area (Å²) in [5.41, 5.74) is 8.50. The molecule has 0 fully saturated rings. The Morgan fingerprint density at radius 1 is 1.17 bits per heavy atom. The van der Waals surface area contributed by atoms with Crippen LogP contribution in [0.5, 0.6) is 5.75 Å². The minimum Gasteiger partial charge on any atom is -0.485 e. The van der Waals surface area contributed by atoms with Gasteiger partial charge in [0.05, 0.1) is 11.3 Å². The summed E-state index contributed by atoms with van der Waals surface area (Å²) in [7, 11) is 0. The number of aryl methyl sites for hydroxylation is 1. The molecule has 2 N–H and O–H groups in total. The van der Waals surface area contributed by atoms with Gasteiger partial charge in [-0.15, -0.1) is 0 Å². The molecule has 4 aromatic rings. The fraction of sp³-hybridized carbons (Fsp3) is 0.296. The summed E-state index contributed by atoms with van der Waals surface area (Å²) in [6.45, 7) is 5.34. The highest BCUT2D eigenvalue weighted by atomic mass is 19.1. The van der Waals surface area contributed by atoms with E-state index in [1.807, 2.05) is 19.9 Å². The van der Waals surface area contributed by atoms with Crippen LogP contribution >= 0.6 is 0 Å². The summed E-state index contributed by atoms with van der Waals surface area (Å²) in [5.74, 6) is -1.18. The van der Waals surface area contributed by atoms with Gasteiger partial charge in [0.15, 0.2) is 17.2 Å². The van der Waals surface area contributed by atoms with Crippen LogP contribution in [0.2, 0.25) is 0 Å². The minimum absolute atomic E-state index is 0.0884. The Morgan fingerprint density at radius 2 is 1.91 bits per heavy atom. The average Bonchev–Trinajstić information content (AvgIpc) is 3.18. The number of imidazole rings is 1. The van der Waals surface area contributed by atoms with Crippen molar-refractivity contribution in [3.05, 3.63) is 83.6 Å². The van der Waals surface area contributed by atoms with Crippen LogP contribution in [0.15, 0.2) is 55.0 Å². The summed E-state index contributed by atoms with van der Waals surface area (Å²) in [4.78, 5) is 22.0. The van der Waals surface area contributed by atoms with Crippen molar-refractivity contribution < 1.29 is 18.3 Å². The molecule has 1 unspecified atom stereocenters. The number of aromatic nitrogens is 3. The predicted octanol–water partition coefficient (Wildman–Crippen LogP) is 5.65. The number of fused-ring (bicyclic) bond motifs is 1. The molecule has 35 heavy (non-hydrogen) atoms. The molecule has 0 aliphatic heterocycles. The van der Waals surface area contributed by atoms with Crippen LogP contribution in [-0.4, -0.2) is 25.7 Å². The van der Waals surface area contributed by atoms with Crippen LogP contribution in [0.3, 0.4) is 0 Å². The highest BCUT2D eigenvalue weighted by Gasteiger charge is 2.24. The van der Waals surface area contributed by atoms with E-state index < -0.39 is 17.2 Å². The van der Waals surface area contributed by atoms with Crippen molar-refractivity contribution >= 4 is 11.4 Å². The van der Waals surface area contributed by atoms with E-state index in [-0.39, 0.29) is 24.4 Å². The number of carbonyl (C=O) groups excluding carboxylic acids is 1. The zero-order valence-corrected chi connectivity index (χ0v) is 20.0. The van der Waals surface area contributed by atoms with E-state index in [0.29, 0.717) is 29.2 Å². The molecule has 0 aliphatic carbocycles. The second-order valence-corrected chi connectivity index (χ2v) is 8.99. The lowest BCUT2D eigenvalue weighted by molar-refractivity contribution is 0.0964. The zero-order chi connectivity index (χ0) is 25.2. The number of carbonyl (C=O) groups is 1. The van der Waals surface area contributed by atoms with Crippen molar-refractivity contribution in [3.63, 3.8) is 0 Å². The van der Waals surface area contributed by atoms with Gasteiger partial charge in [-0.2, -0.15) is 0 Å². The highest BCUT2D eigenvalue weighted by Crippen LogP contribution is 2.31. The number of nitrogens with zero attached hydrogens (tertiary/aromatic N) is 3. The van der Waals surface area contributed by atoms with Gasteiger partial charge in [-0.1, -0.05) is 19.1 Å². The van der Waals surface area contributed by atoms with E-state index >= 15 is 0 Å². The number of Topliss-reactive ketones (excluding diaryl/α,β-unsaturated/α-hetero) is 1. The molecule has 3 aromatic heterocycles. The number of halogens is 2. The summed E-state index contributed by atoms with van der Waals surface area (Å²) < 4.78 is 36.0. The van der Waals surface area contributed by atoms with Crippen molar-refractivity contribution in [2.75, 3.05) is 0 Å². The molecule has 1 aromatic carbocycles. The van der Waals surface area contributed by atoms with Crippen LogP contribution in [0.1, 0.15) is 54.9 Å². The maximum atomic E-state index is 14.2. The van der Waals surface area contributed by atoms with Crippen LogP contribution in [0.4, 0.5) is 8.78 Å². The van der Waals surface area contributed by atoms with E-state index in [4.69, 9.17) is 10.5 Å². The standard InChI is InChI=1S/C27H28F2N4O2/c1-4-27(3,30)11-10-23(34)25-17(2)32-26-24(35-16-20-21(28)8-5-9-22(20)29)13-19(15-33(25)26)18-7-6-12-31-14-18/h5-9,12-15H,4,10-11,16,30H2,1-3H3. The number of pyridine rings is 2. The first-order valence-corrected chi connectivity index (χ1v) is 11.5. The third-order valence-electron chi connectivity index (χ3n) is 6.28. The molecule has 4 rings (SSSR count). The normalized spacial score (nSPS) is 13.1. The molecule has 182 valence electrons. The number of ether oxygens (including phenoxy) is 1. The Labute approximate surface area is 202 Å². The molecular formula is C27H28F2N4O2. The van der Waals surface area contributed by atoms with Gasteiger partial charge in [-0.05, 0) is 51.0 Å². The van der Waals surface area contributed by atoms with Crippen molar-refractivity contribution in [2.24, 2.45) is 5.73 Å². The van der Waals surface area contributed by atoms with E-state index in [0.717, 1.165) is 17.5 Å². The second kappa shape index (κ2) is 9.92. The molecule has 3 heterocycles. The van der Waals surface area contributed by atoms with Crippen molar-refractivity contribution in [3.8, 4) is 16.9 Å². The van der Waals surface area contributed by atoms with Gasteiger partial charge in [0.25, 0.3) is 0 Å². The molecular weight excluding hydrogens is 450 g/mol. The van der Waals surface area contributed by atoms with Gasteiger partial charge in [0.1, 0.15) is 23.9 Å². The summed E-state index contributed by atoms with van der Waals surface area (Å²) in [6, 6.07) is 9.08. The molecule has 0 radical (unpaired) electrons. The van der Waals surface area contributed by atoms with Crippen molar-refractivity contribution in [2.45, 2.75) is 52.2 Å². The molecule has 1 atom stereocenters. The van der Waals surface area contributed by atoms with Crippen molar-refractivity contribution in [1.82, 2.24) is 14.4 Å². The molecule has 0 saturated heterocycles. The SMILES string of the molecule is CCC(C)(N)CCC(=O)c1c(C)nc2c(OCc3c(F)cccc3F)cc(-c3cccnc3)cn12. The van der Waals surface area contributed by atoms with E-state index in [9.17, 15) is 13.6 Å². The Bertz CT molecular complexity index is 1350. The van der Waals surface area contributed by atoms with Gasteiger partial charge >= 0.3 is 0 Å². The average molecular weight is 479 g/mol. The first kappa shape index (κ1) is 24.5. The second-order valence-electron chi connectivity index (χ2n) is 8.99. The molecule has 0 aliphatic rings. The smallest absolute Gasteiger partial charge is 0.181 e. The first-order valence-electron chi connectivity index (χ1n) is 11.5. The van der Waals surface area contributed by atoms with Crippen molar-refractivity contribution in [1.29, 1.82) is 0 Å². The lowest BCUT2D eigenvalue weighted by Crippen LogP contribution is -2.35. The van der Waals surface area contributed by atoms with Gasteiger partial charge in [-0.3, -0.25) is 14.2 Å². The number of nitrogens with two attached hydrogens (primary N) is 1. The monoisotopic (exact) mass is 478 g/mol. The molecule has 0 saturated carbocycles. The Hall–Kier alpha value is -3.65. The zero-order valence-electron chi connectivity index (χ0n) is 20.0. The fourth-order valence-corrected chi connectivity index (χ4v) is 3.88. The number of ketones is 1. The van der Waals surface area contributed by atoms with E-state index in [1.165, 1.54) is 18.2 Å². The highest BCUT2D eigenvalue weighted by molar-refractivity contribution is 5.97. The van der Waals surface area contributed by atoms with Crippen LogP contribution < -0.4 is 10.5 Å². The van der Waals surface area contributed by atoms with Crippen LogP contribution in [0.25, 0.3) is 16.8 Å². The lowest BCUT2D eigenvalue weighted by Gasteiger charge is -2.21. The van der Waals surface area contributed by atoms with Gasteiger partial charge in [0.2, 0.25) is 0 Å². The Balaban J connectivity index is 1.78. The molecule has 0 bridgehead atoms. The van der Waals surface area contributed by atoms with E-state index in [1.54, 1.807) is 42.0 Å². The maximum absolute atomic E-state index is 14.2. The van der Waals surface area contributed by atoms with E-state index in [2.05, 4.69) is 9.97 Å². The fourth-order valence-electron chi connectivity index (χ4n) is 3.88. The summed E-state index contributed by atoms with van der Waals surface area (Å²) >= 11 is 0. The quantitative estimate of drug-likeness (QED) is 0.314. The number of hydrogen-bond donors (Lipinski definition) is 1. The third-order valence-corrected chi connectivity index (χ3v) is 6.28. The number of benzene rings is 1. The van der Waals surface area contributed by atoms with Crippen LogP contribution in [-0.2, 0) is 6.61 Å². The van der Waals surface area contributed by atoms with Gasteiger partial charge < -0.3 is 10.5 Å². The minimum atomic E-state index is -0.694. The maximum Gasteiger partial charge on any atom is 0.181 e. The van der Waals surface area contributed by atoms with Gasteiger partial charge in [-0.25, -0.2) is 13.8 Å². The summed E-state index contributed by atoms with van der Waals surface area (Å²) in [5, 5.41) is 0. The number of hydrogen-bond acceptors (Lipinski definition) is 5. The summed E-state index contributed by atoms with van der Waals surface area (Å²) in [6.07, 6.45) is 6.71. The molecule has 0 amide bonds.